The van der Waals surface area contributed by atoms with Crippen LogP contribution >= 0.6 is 8.60 Å². The Kier molecular flexibility index (Phi) is 35.3. The van der Waals surface area contributed by atoms with E-state index < -0.39 is 8.60 Å². The summed E-state index contributed by atoms with van der Waals surface area (Å²) in [5, 5.41) is 0. The van der Waals surface area contributed by atoms with E-state index in [9.17, 15) is 0 Å². The fourth-order valence-electron chi connectivity index (χ4n) is 0. The summed E-state index contributed by atoms with van der Waals surface area (Å²) in [4.78, 5) is 21.7. The Morgan fingerprint density at radius 1 is 1.14 bits per heavy atom. The van der Waals surface area contributed by atoms with Crippen molar-refractivity contribution in [3.05, 3.63) is 6.92 Å². The molecule has 0 saturated heterocycles. The molecule has 0 aliphatic carbocycles. The minimum absolute atomic E-state index is 0. The molecular weight excluding hydrogens is 126 g/mol. The summed E-state index contributed by atoms with van der Waals surface area (Å²) in [7, 11) is -2.62. The molecule has 0 unspecified atom stereocenters. The summed E-state index contributed by atoms with van der Waals surface area (Å²) in [5.41, 5.74) is 0. The van der Waals surface area contributed by atoms with Crippen molar-refractivity contribution in [1.29, 1.82) is 0 Å². The summed E-state index contributed by atoms with van der Waals surface area (Å²) >= 11 is 0. The smallest absolute Gasteiger partial charge is 0.346 e. The first-order valence-corrected chi connectivity index (χ1v) is 2.51. The van der Waals surface area contributed by atoms with Gasteiger partial charge in [-0.05, 0) is 0 Å². The molecule has 0 radical (unpaired) electrons. The average molecular weight is 134 g/mol. The maximum atomic E-state index is 7.23. The molecule has 0 aliphatic rings. The van der Waals surface area contributed by atoms with E-state index in [-0.39, 0.29) is 29.6 Å². The van der Waals surface area contributed by atoms with Crippen molar-refractivity contribution in [2.45, 2.75) is 6.92 Å². The zero-order chi connectivity index (χ0) is 5.58. The third-order valence-corrected chi connectivity index (χ3v) is 0. The van der Waals surface area contributed by atoms with Gasteiger partial charge in [0.15, 0.2) is 0 Å². The minimum atomic E-state index is -2.62. The molecule has 0 spiro atoms. The molecule has 3 nitrogen and oxygen atoms in total. The van der Waals surface area contributed by atoms with Crippen LogP contribution < -0.4 is 29.6 Å². The predicted molar refractivity (Wildman–Crippen MR) is 24.6 cm³/mol. The summed E-state index contributed by atoms with van der Waals surface area (Å²) in [6, 6.07) is 0. The quantitative estimate of drug-likeness (QED) is 0.188. The van der Waals surface area contributed by atoms with Crippen molar-refractivity contribution >= 4 is 8.60 Å². The van der Waals surface area contributed by atoms with Gasteiger partial charge in [0.2, 0.25) is 0 Å². The topological polar surface area (TPSA) is 60.7 Å². The standard InChI is InChI=1S/C2H5.Na.H3O3P/c1-2;;1-4(2)3/h1H2,2H3;;1-3H/q-1;+1;. The van der Waals surface area contributed by atoms with Gasteiger partial charge in [-0.2, -0.15) is 6.92 Å². The molecule has 5 heteroatoms. The second kappa shape index (κ2) is 15.7. The first-order valence-electron chi connectivity index (χ1n) is 1.31. The van der Waals surface area contributed by atoms with Crippen molar-refractivity contribution in [3.8, 4) is 0 Å². The molecule has 0 aromatic rings. The first kappa shape index (κ1) is 15.7. The van der Waals surface area contributed by atoms with Gasteiger partial charge in [0.1, 0.15) is 0 Å². The maximum absolute atomic E-state index is 7.23. The molecule has 0 rings (SSSR count). The molecule has 0 bridgehead atoms. The van der Waals surface area contributed by atoms with E-state index in [4.69, 9.17) is 14.7 Å². The molecule has 0 fully saturated rings. The second-order valence-electron chi connectivity index (χ2n) is 0.268. The predicted octanol–water partition coefficient (Wildman–Crippen LogP) is -2.97. The van der Waals surface area contributed by atoms with Gasteiger partial charge in [0.25, 0.3) is 0 Å². The van der Waals surface area contributed by atoms with Crippen molar-refractivity contribution in [1.82, 2.24) is 0 Å². The fourth-order valence-corrected chi connectivity index (χ4v) is 0. The summed E-state index contributed by atoms with van der Waals surface area (Å²) in [5.74, 6) is 0. The van der Waals surface area contributed by atoms with Gasteiger partial charge in [0, 0.05) is 0 Å². The van der Waals surface area contributed by atoms with Gasteiger partial charge in [-0.3, -0.25) is 0 Å². The Labute approximate surface area is 66.7 Å². The van der Waals surface area contributed by atoms with Gasteiger partial charge < -0.3 is 21.6 Å². The van der Waals surface area contributed by atoms with E-state index in [1.165, 1.54) is 0 Å². The van der Waals surface area contributed by atoms with Crippen LogP contribution in [-0.4, -0.2) is 14.7 Å². The molecule has 3 N–H and O–H groups in total. The SMILES string of the molecule is OP(O)O.[CH2-]C.[Na+]. The second-order valence-corrected chi connectivity index (χ2v) is 0.805. The zero-order valence-corrected chi connectivity index (χ0v) is 7.39. The van der Waals surface area contributed by atoms with E-state index in [1.807, 2.05) is 0 Å². The van der Waals surface area contributed by atoms with E-state index in [0.717, 1.165) is 0 Å². The summed E-state index contributed by atoms with van der Waals surface area (Å²) < 4.78 is 0. The molecule has 0 aliphatic heterocycles. The Morgan fingerprint density at radius 2 is 1.14 bits per heavy atom. The minimum Gasteiger partial charge on any atom is -0.346 e. The van der Waals surface area contributed by atoms with Gasteiger partial charge in [-0.25, -0.2) is 0 Å². The molecule has 0 saturated carbocycles. The Balaban J connectivity index is -0.0000000480. The van der Waals surface area contributed by atoms with Crippen molar-refractivity contribution < 1.29 is 44.2 Å². The van der Waals surface area contributed by atoms with Gasteiger partial charge >= 0.3 is 38.2 Å². The number of hydrogen-bond acceptors (Lipinski definition) is 3. The summed E-state index contributed by atoms with van der Waals surface area (Å²) in [6.07, 6.45) is 0. The van der Waals surface area contributed by atoms with Gasteiger partial charge in [-0.15, -0.1) is 0 Å². The van der Waals surface area contributed by atoms with E-state index in [0.29, 0.717) is 0 Å². The first-order chi connectivity index (χ1) is 2.73. The summed E-state index contributed by atoms with van der Waals surface area (Å²) in [6.45, 7) is 5.00. The Hall–Kier alpha value is 1.31. The van der Waals surface area contributed by atoms with Crippen LogP contribution in [0.3, 0.4) is 0 Å². The van der Waals surface area contributed by atoms with Crippen molar-refractivity contribution in [3.63, 3.8) is 0 Å². The third kappa shape index (κ3) is 120. The van der Waals surface area contributed by atoms with Crippen LogP contribution in [0.4, 0.5) is 0 Å². The van der Waals surface area contributed by atoms with E-state index in [2.05, 4.69) is 6.92 Å². The molecule has 7 heavy (non-hydrogen) atoms. The Bertz CT molecular complexity index is 17.7. The van der Waals surface area contributed by atoms with Crippen LogP contribution in [0.25, 0.3) is 0 Å². The zero-order valence-electron chi connectivity index (χ0n) is 4.50. The van der Waals surface area contributed by atoms with Crippen LogP contribution in [0.5, 0.6) is 0 Å². The monoisotopic (exact) mass is 134 g/mol. The van der Waals surface area contributed by atoms with E-state index >= 15 is 0 Å². The van der Waals surface area contributed by atoms with E-state index in [1.54, 1.807) is 6.92 Å². The Morgan fingerprint density at radius 3 is 1.14 bits per heavy atom. The van der Waals surface area contributed by atoms with Crippen molar-refractivity contribution in [2.75, 3.05) is 0 Å². The van der Waals surface area contributed by atoms with Crippen LogP contribution in [0.2, 0.25) is 0 Å². The third-order valence-electron chi connectivity index (χ3n) is 0. The van der Waals surface area contributed by atoms with Gasteiger partial charge in [0.05, 0.1) is 0 Å². The van der Waals surface area contributed by atoms with Gasteiger partial charge in [-0.1, -0.05) is 0 Å². The molecule has 0 aromatic carbocycles. The fraction of sp³-hybridized carbons (Fsp3) is 0.500. The van der Waals surface area contributed by atoms with Crippen LogP contribution in [0, 0.1) is 6.92 Å². The average Bonchev–Trinajstić information content (AvgIpc) is 1.41. The number of hydrogen-bond donors (Lipinski definition) is 3. The van der Waals surface area contributed by atoms with Crippen LogP contribution in [0.1, 0.15) is 6.92 Å². The molecule has 40 valence electrons. The molecule has 0 aromatic heterocycles. The maximum Gasteiger partial charge on any atom is 1.00 e. The molecule has 0 atom stereocenters. The van der Waals surface area contributed by atoms with Crippen molar-refractivity contribution in [2.24, 2.45) is 0 Å². The van der Waals surface area contributed by atoms with Crippen LogP contribution in [-0.2, 0) is 0 Å². The van der Waals surface area contributed by atoms with Crippen LogP contribution in [0.15, 0.2) is 0 Å². The molecule has 0 heterocycles. The largest absolute Gasteiger partial charge is 1.00 e. The molecule has 0 amide bonds. The number of rotatable bonds is 0. The molecular formula is C2H8NaO3P. The normalized spacial score (nSPS) is 6.00.